The Morgan fingerprint density at radius 2 is 2.17 bits per heavy atom. The van der Waals surface area contributed by atoms with E-state index in [1.807, 2.05) is 30.3 Å². The lowest BCUT2D eigenvalue weighted by Crippen LogP contribution is -1.98. The van der Waals surface area contributed by atoms with E-state index in [4.69, 9.17) is 22.6 Å². The van der Waals surface area contributed by atoms with Crippen LogP contribution in [0.5, 0.6) is 0 Å². The average molecular weight is 277 g/mol. The van der Waals surface area contributed by atoms with Crippen molar-refractivity contribution >= 4 is 29.2 Å². The maximum Gasteiger partial charge on any atom is 0.189 e. The monoisotopic (exact) mass is 276 g/mol. The largest absolute Gasteiger partial charge is 0.382 e. The lowest BCUT2D eigenvalue weighted by Gasteiger charge is -2.03. The molecular formula is C12H9ClN4S. The Bertz CT molecular complexity index is 609. The highest BCUT2D eigenvalue weighted by molar-refractivity contribution is 7.98. The Hall–Kier alpha value is -1.77. The van der Waals surface area contributed by atoms with E-state index in [-0.39, 0.29) is 11.4 Å². The van der Waals surface area contributed by atoms with Crippen molar-refractivity contribution in [1.29, 1.82) is 5.26 Å². The molecule has 1 aromatic carbocycles. The minimum Gasteiger partial charge on any atom is -0.382 e. The van der Waals surface area contributed by atoms with Crippen molar-refractivity contribution in [2.45, 2.75) is 10.9 Å². The number of halogens is 1. The second-order valence-electron chi connectivity index (χ2n) is 3.44. The summed E-state index contributed by atoms with van der Waals surface area (Å²) >= 11 is 7.47. The van der Waals surface area contributed by atoms with Crippen LogP contribution in [-0.2, 0) is 5.75 Å². The number of hydrogen-bond donors (Lipinski definition) is 1. The van der Waals surface area contributed by atoms with Crippen molar-refractivity contribution in [1.82, 2.24) is 9.97 Å². The predicted molar refractivity (Wildman–Crippen MR) is 72.2 cm³/mol. The number of hydrogen-bond acceptors (Lipinski definition) is 5. The van der Waals surface area contributed by atoms with Crippen LogP contribution in [0.4, 0.5) is 5.82 Å². The topological polar surface area (TPSA) is 75.6 Å². The number of benzene rings is 1. The molecule has 2 rings (SSSR count). The van der Waals surface area contributed by atoms with Gasteiger partial charge in [-0.05, 0) is 11.6 Å². The predicted octanol–water partition coefficient (Wildman–Crippen LogP) is 2.88. The highest BCUT2D eigenvalue weighted by Crippen LogP contribution is 2.24. The smallest absolute Gasteiger partial charge is 0.189 e. The van der Waals surface area contributed by atoms with Crippen molar-refractivity contribution in [2.75, 3.05) is 5.73 Å². The van der Waals surface area contributed by atoms with Crippen LogP contribution in [0.2, 0.25) is 5.02 Å². The summed E-state index contributed by atoms with van der Waals surface area (Å²) in [5.74, 6) is 0.861. The zero-order valence-electron chi connectivity index (χ0n) is 9.30. The standard InChI is InChI=1S/C12H9ClN4S/c13-10-4-2-1-3-8(10)7-18-12-16-6-9(5-14)11(15)17-12/h1-4,6H,7H2,(H2,15,16,17). The molecule has 0 aliphatic rings. The van der Waals surface area contributed by atoms with Gasteiger partial charge in [0.2, 0.25) is 0 Å². The van der Waals surface area contributed by atoms with Crippen molar-refractivity contribution in [3.63, 3.8) is 0 Å². The lowest BCUT2D eigenvalue weighted by molar-refractivity contribution is 0.969. The van der Waals surface area contributed by atoms with E-state index in [9.17, 15) is 0 Å². The van der Waals surface area contributed by atoms with Crippen LogP contribution < -0.4 is 5.73 Å². The molecule has 2 N–H and O–H groups in total. The van der Waals surface area contributed by atoms with Gasteiger partial charge in [-0.3, -0.25) is 0 Å². The molecule has 0 atom stereocenters. The minimum absolute atomic E-state index is 0.203. The van der Waals surface area contributed by atoms with Gasteiger partial charge >= 0.3 is 0 Å². The molecule has 0 bridgehead atoms. The van der Waals surface area contributed by atoms with Gasteiger partial charge < -0.3 is 5.73 Å². The van der Waals surface area contributed by atoms with Gasteiger partial charge in [-0.2, -0.15) is 5.26 Å². The quantitative estimate of drug-likeness (QED) is 0.689. The first kappa shape index (κ1) is 12.7. The summed E-state index contributed by atoms with van der Waals surface area (Å²) in [6, 6.07) is 9.52. The van der Waals surface area contributed by atoms with E-state index in [1.165, 1.54) is 18.0 Å². The second kappa shape index (κ2) is 5.71. The second-order valence-corrected chi connectivity index (χ2v) is 4.79. The Balaban J connectivity index is 2.10. The van der Waals surface area contributed by atoms with Crippen LogP contribution in [0.1, 0.15) is 11.1 Å². The van der Waals surface area contributed by atoms with Crippen LogP contribution in [-0.4, -0.2) is 9.97 Å². The molecule has 18 heavy (non-hydrogen) atoms. The van der Waals surface area contributed by atoms with Gasteiger partial charge in [0.25, 0.3) is 0 Å². The number of rotatable bonds is 3. The summed E-state index contributed by atoms with van der Waals surface area (Å²) < 4.78 is 0. The molecular weight excluding hydrogens is 268 g/mol. The summed E-state index contributed by atoms with van der Waals surface area (Å²) in [6.07, 6.45) is 1.43. The van der Waals surface area contributed by atoms with Crippen LogP contribution in [0.25, 0.3) is 0 Å². The highest BCUT2D eigenvalue weighted by atomic mass is 35.5. The van der Waals surface area contributed by atoms with Gasteiger partial charge in [0, 0.05) is 10.8 Å². The minimum atomic E-state index is 0.203. The fourth-order valence-corrected chi connectivity index (χ4v) is 2.40. The third-order valence-electron chi connectivity index (χ3n) is 2.23. The molecule has 0 fully saturated rings. The molecule has 0 unspecified atom stereocenters. The molecule has 0 saturated carbocycles. The summed E-state index contributed by atoms with van der Waals surface area (Å²) in [5, 5.41) is 9.97. The van der Waals surface area contributed by atoms with Crippen LogP contribution in [0, 0.1) is 11.3 Å². The molecule has 1 aromatic heterocycles. The van der Waals surface area contributed by atoms with Gasteiger partial charge in [0.15, 0.2) is 5.16 Å². The lowest BCUT2D eigenvalue weighted by atomic mass is 10.2. The first-order valence-electron chi connectivity index (χ1n) is 5.09. The van der Waals surface area contributed by atoms with Gasteiger partial charge in [-0.1, -0.05) is 41.6 Å². The molecule has 90 valence electrons. The zero-order valence-corrected chi connectivity index (χ0v) is 10.9. The third kappa shape index (κ3) is 2.92. The van der Waals surface area contributed by atoms with Crippen LogP contribution in [0.15, 0.2) is 35.6 Å². The fraction of sp³-hybridized carbons (Fsp3) is 0.0833. The molecule has 0 amide bonds. The van der Waals surface area contributed by atoms with E-state index in [0.29, 0.717) is 15.9 Å². The molecule has 0 radical (unpaired) electrons. The number of thioether (sulfide) groups is 1. The fourth-order valence-electron chi connectivity index (χ4n) is 1.29. The van der Waals surface area contributed by atoms with E-state index in [2.05, 4.69) is 9.97 Å². The molecule has 6 heteroatoms. The Morgan fingerprint density at radius 1 is 1.39 bits per heavy atom. The van der Waals surface area contributed by atoms with Crippen molar-refractivity contribution < 1.29 is 0 Å². The van der Waals surface area contributed by atoms with Gasteiger partial charge in [0.05, 0.1) is 6.20 Å². The Labute approximate surface area is 114 Å². The molecule has 4 nitrogen and oxygen atoms in total. The van der Waals surface area contributed by atoms with Gasteiger partial charge in [0.1, 0.15) is 17.5 Å². The van der Waals surface area contributed by atoms with Gasteiger partial charge in [-0.15, -0.1) is 0 Å². The average Bonchev–Trinajstić information content (AvgIpc) is 2.38. The van der Waals surface area contributed by atoms with Crippen molar-refractivity contribution in [2.24, 2.45) is 0 Å². The molecule has 2 aromatic rings. The molecule has 0 aliphatic carbocycles. The van der Waals surface area contributed by atoms with Crippen molar-refractivity contribution in [3.05, 3.63) is 46.6 Å². The van der Waals surface area contributed by atoms with E-state index < -0.39 is 0 Å². The zero-order chi connectivity index (χ0) is 13.0. The first-order chi connectivity index (χ1) is 8.70. The molecule has 1 heterocycles. The normalized spacial score (nSPS) is 10.0. The summed E-state index contributed by atoms with van der Waals surface area (Å²) in [7, 11) is 0. The van der Waals surface area contributed by atoms with Gasteiger partial charge in [-0.25, -0.2) is 9.97 Å². The van der Waals surface area contributed by atoms with Crippen LogP contribution in [0.3, 0.4) is 0 Å². The first-order valence-corrected chi connectivity index (χ1v) is 6.46. The molecule has 0 spiro atoms. The number of aromatic nitrogens is 2. The number of nitrogens with two attached hydrogens (primary N) is 1. The van der Waals surface area contributed by atoms with Crippen LogP contribution >= 0.6 is 23.4 Å². The summed E-state index contributed by atoms with van der Waals surface area (Å²) in [5.41, 5.74) is 6.92. The van der Waals surface area contributed by atoms with E-state index in [0.717, 1.165) is 5.56 Å². The summed E-state index contributed by atoms with van der Waals surface area (Å²) in [4.78, 5) is 8.11. The SMILES string of the molecule is N#Cc1cnc(SCc2ccccc2Cl)nc1N. The molecule has 0 aliphatic heterocycles. The number of nitrogen functional groups attached to an aromatic ring is 1. The number of anilines is 1. The Kier molecular flexibility index (Phi) is 4.03. The summed E-state index contributed by atoms with van der Waals surface area (Å²) in [6.45, 7) is 0. The molecule has 0 saturated heterocycles. The van der Waals surface area contributed by atoms with E-state index >= 15 is 0 Å². The maximum absolute atomic E-state index is 8.72. The number of nitriles is 1. The highest BCUT2D eigenvalue weighted by Gasteiger charge is 2.05. The maximum atomic E-state index is 8.72. The number of nitrogens with zero attached hydrogens (tertiary/aromatic N) is 3. The van der Waals surface area contributed by atoms with Crippen molar-refractivity contribution in [3.8, 4) is 6.07 Å². The Morgan fingerprint density at radius 3 is 2.83 bits per heavy atom. The van der Waals surface area contributed by atoms with E-state index in [1.54, 1.807) is 0 Å². The third-order valence-corrected chi connectivity index (χ3v) is 3.51.